The first kappa shape index (κ1) is 18.3. The number of aromatic nitrogens is 2. The molecule has 1 aliphatic carbocycles. The molecule has 1 amide bonds. The molecular weight excluding hydrogens is 404 g/mol. The van der Waals surface area contributed by atoms with Gasteiger partial charge in [0.2, 0.25) is 0 Å². The Morgan fingerprint density at radius 1 is 1.14 bits per heavy atom. The highest BCUT2D eigenvalue weighted by atomic mass is 32.1. The van der Waals surface area contributed by atoms with Crippen molar-refractivity contribution >= 4 is 59.8 Å². The van der Waals surface area contributed by atoms with Crippen molar-refractivity contribution in [1.29, 1.82) is 0 Å². The fraction of sp³-hybridized carbons (Fsp3) is 0.286. The van der Waals surface area contributed by atoms with E-state index >= 15 is 0 Å². The van der Waals surface area contributed by atoms with Crippen LogP contribution in [0.5, 0.6) is 5.75 Å². The third-order valence-corrected chi connectivity index (χ3v) is 7.32. The molecule has 3 aromatic heterocycles. The molecule has 0 saturated carbocycles. The Labute approximate surface area is 175 Å². The molecule has 0 radical (unpaired) electrons. The van der Waals surface area contributed by atoms with Gasteiger partial charge in [-0.2, -0.15) is 0 Å². The first-order chi connectivity index (χ1) is 14.1. The van der Waals surface area contributed by atoms with Crippen LogP contribution in [0, 0.1) is 0 Å². The smallest absolute Gasteiger partial charge is 0.269 e. The fourth-order valence-corrected chi connectivity index (χ4v) is 5.63. The van der Waals surface area contributed by atoms with Crippen molar-refractivity contribution in [2.75, 3.05) is 18.2 Å². The van der Waals surface area contributed by atoms with Crippen molar-refractivity contribution < 1.29 is 9.53 Å². The quantitative estimate of drug-likeness (QED) is 0.451. The van der Waals surface area contributed by atoms with Crippen LogP contribution in [0.4, 0.5) is 10.8 Å². The van der Waals surface area contributed by atoms with E-state index in [4.69, 9.17) is 15.5 Å². The molecule has 0 saturated heterocycles. The predicted molar refractivity (Wildman–Crippen MR) is 119 cm³/mol. The molecule has 148 valence electrons. The summed E-state index contributed by atoms with van der Waals surface area (Å²) in [4.78, 5) is 23.6. The molecule has 6 nitrogen and oxygen atoms in total. The fourth-order valence-electron chi connectivity index (χ4n) is 3.74. The van der Waals surface area contributed by atoms with E-state index in [1.54, 1.807) is 7.11 Å². The third-order valence-electron chi connectivity index (χ3n) is 5.27. The number of nitrogens with two attached hydrogens (primary N) is 1. The number of hydrogen-bond donors (Lipinski definition) is 2. The molecule has 1 aromatic carbocycles. The van der Waals surface area contributed by atoms with Gasteiger partial charge in [0.1, 0.15) is 15.5 Å². The van der Waals surface area contributed by atoms with E-state index in [-0.39, 0.29) is 5.91 Å². The molecule has 0 fully saturated rings. The Morgan fingerprint density at radius 2 is 2.00 bits per heavy atom. The molecule has 3 N–H and O–H groups in total. The van der Waals surface area contributed by atoms with Gasteiger partial charge in [-0.05, 0) is 55.5 Å². The minimum atomic E-state index is -0.244. The summed E-state index contributed by atoms with van der Waals surface area (Å²) in [7, 11) is 1.63. The van der Waals surface area contributed by atoms with Gasteiger partial charge in [-0.1, -0.05) is 17.8 Å². The van der Waals surface area contributed by atoms with Crippen LogP contribution in [0.15, 0.2) is 24.3 Å². The number of hydrogen-bond acceptors (Lipinski definition) is 7. The molecule has 29 heavy (non-hydrogen) atoms. The monoisotopic (exact) mass is 424 g/mol. The second kappa shape index (κ2) is 7.27. The predicted octanol–water partition coefficient (Wildman–Crippen LogP) is 5.02. The zero-order valence-corrected chi connectivity index (χ0v) is 17.6. The summed E-state index contributed by atoms with van der Waals surface area (Å²) in [6.07, 6.45) is 5.62. The van der Waals surface area contributed by atoms with Gasteiger partial charge in [0, 0.05) is 11.1 Å². The topological polar surface area (TPSA) is 90.1 Å². The number of anilines is 2. The lowest BCUT2D eigenvalue weighted by Crippen LogP contribution is -2.11. The van der Waals surface area contributed by atoms with Crippen LogP contribution in [0.3, 0.4) is 0 Å². The number of carbonyl (C=O) groups excluding carboxylic acids is 1. The Balaban J connectivity index is 1.47. The Morgan fingerprint density at radius 3 is 2.86 bits per heavy atom. The third kappa shape index (κ3) is 3.32. The highest BCUT2D eigenvalue weighted by molar-refractivity contribution is 7.23. The van der Waals surface area contributed by atoms with Crippen molar-refractivity contribution in [3.63, 3.8) is 0 Å². The van der Waals surface area contributed by atoms with Gasteiger partial charge in [0.15, 0.2) is 5.13 Å². The molecule has 3 heterocycles. The van der Waals surface area contributed by atoms with Gasteiger partial charge in [0.05, 0.1) is 23.0 Å². The molecule has 0 atom stereocenters. The summed E-state index contributed by atoms with van der Waals surface area (Å²) in [5.41, 5.74) is 10.1. The van der Waals surface area contributed by atoms with Crippen LogP contribution in [0.2, 0.25) is 0 Å². The van der Waals surface area contributed by atoms with Crippen LogP contribution in [-0.2, 0) is 12.8 Å². The van der Waals surface area contributed by atoms with E-state index < -0.39 is 0 Å². The van der Waals surface area contributed by atoms with Crippen molar-refractivity contribution in [3.8, 4) is 5.75 Å². The second-order valence-electron chi connectivity index (χ2n) is 7.16. The number of methoxy groups -OCH3 is 1. The summed E-state index contributed by atoms with van der Waals surface area (Å²) < 4.78 is 6.20. The minimum Gasteiger partial charge on any atom is -0.497 e. The summed E-state index contributed by atoms with van der Waals surface area (Å²) in [5, 5.41) is 4.32. The maximum Gasteiger partial charge on any atom is 0.269 e. The van der Waals surface area contributed by atoms with Crippen LogP contribution in [0.1, 0.15) is 40.2 Å². The SMILES string of the molecule is COc1ccc2nc(NC(=O)c3sc4nc5c(cc4c3N)CCCCC5)sc2c1. The van der Waals surface area contributed by atoms with E-state index in [1.807, 2.05) is 18.2 Å². The lowest BCUT2D eigenvalue weighted by atomic mass is 10.1. The van der Waals surface area contributed by atoms with Gasteiger partial charge < -0.3 is 10.5 Å². The second-order valence-corrected chi connectivity index (χ2v) is 9.19. The number of thiophene rings is 1. The van der Waals surface area contributed by atoms with Gasteiger partial charge in [-0.15, -0.1) is 11.3 Å². The zero-order chi connectivity index (χ0) is 20.0. The zero-order valence-electron chi connectivity index (χ0n) is 15.9. The number of pyridine rings is 1. The number of ether oxygens (including phenoxy) is 1. The van der Waals surface area contributed by atoms with E-state index in [1.165, 1.54) is 47.5 Å². The average molecular weight is 425 g/mol. The lowest BCUT2D eigenvalue weighted by Gasteiger charge is -2.04. The molecule has 0 aliphatic heterocycles. The highest BCUT2D eigenvalue weighted by Crippen LogP contribution is 2.36. The molecule has 0 bridgehead atoms. The van der Waals surface area contributed by atoms with Gasteiger partial charge in [0.25, 0.3) is 5.91 Å². The van der Waals surface area contributed by atoms with Crippen molar-refractivity contribution in [2.24, 2.45) is 0 Å². The number of aryl methyl sites for hydroxylation is 2. The average Bonchev–Trinajstić information content (AvgIpc) is 3.17. The van der Waals surface area contributed by atoms with E-state index in [2.05, 4.69) is 16.4 Å². The van der Waals surface area contributed by atoms with Crippen LogP contribution < -0.4 is 15.8 Å². The molecule has 0 unspecified atom stereocenters. The van der Waals surface area contributed by atoms with Gasteiger partial charge in [-0.25, -0.2) is 9.97 Å². The van der Waals surface area contributed by atoms with Crippen molar-refractivity contribution in [2.45, 2.75) is 32.1 Å². The molecular formula is C21H20N4O2S2. The number of rotatable bonds is 3. The lowest BCUT2D eigenvalue weighted by molar-refractivity contribution is 0.103. The first-order valence-corrected chi connectivity index (χ1v) is 11.2. The standard InChI is InChI=1S/C21H20N4O2S2/c1-27-12-7-8-15-16(10-12)28-21(24-15)25-19(26)18-17(22)13-9-11-5-3-2-4-6-14(11)23-20(13)29-18/h7-10H,2-6,22H2,1H3,(H,24,25,26). The minimum absolute atomic E-state index is 0.244. The van der Waals surface area contributed by atoms with E-state index in [0.717, 1.165) is 44.7 Å². The number of carbonyl (C=O) groups is 1. The summed E-state index contributed by atoms with van der Waals surface area (Å²) in [5.74, 6) is 0.519. The van der Waals surface area contributed by atoms with Gasteiger partial charge >= 0.3 is 0 Å². The summed E-state index contributed by atoms with van der Waals surface area (Å²) in [6, 6.07) is 7.78. The number of benzene rings is 1. The molecule has 0 spiro atoms. The highest BCUT2D eigenvalue weighted by Gasteiger charge is 2.21. The number of nitrogen functional groups attached to an aromatic ring is 1. The van der Waals surface area contributed by atoms with Crippen LogP contribution in [0.25, 0.3) is 20.4 Å². The van der Waals surface area contributed by atoms with E-state index in [9.17, 15) is 4.79 Å². The van der Waals surface area contributed by atoms with Gasteiger partial charge in [-0.3, -0.25) is 10.1 Å². The summed E-state index contributed by atoms with van der Waals surface area (Å²) >= 11 is 2.76. The van der Waals surface area contributed by atoms with Crippen molar-refractivity contribution in [3.05, 3.63) is 40.4 Å². The van der Waals surface area contributed by atoms with Crippen LogP contribution >= 0.6 is 22.7 Å². The molecule has 8 heteroatoms. The number of nitrogens with zero attached hydrogens (tertiary/aromatic N) is 2. The molecule has 1 aliphatic rings. The molecule has 5 rings (SSSR count). The Bertz CT molecular complexity index is 1240. The first-order valence-electron chi connectivity index (χ1n) is 9.59. The molecule has 4 aromatic rings. The summed E-state index contributed by atoms with van der Waals surface area (Å²) in [6.45, 7) is 0. The number of nitrogens with one attached hydrogen (secondary N) is 1. The normalized spacial score (nSPS) is 14.0. The maximum absolute atomic E-state index is 12.9. The largest absolute Gasteiger partial charge is 0.497 e. The Hall–Kier alpha value is -2.71. The van der Waals surface area contributed by atoms with Crippen LogP contribution in [-0.4, -0.2) is 23.0 Å². The Kier molecular flexibility index (Phi) is 4.60. The van der Waals surface area contributed by atoms with E-state index in [0.29, 0.717) is 15.7 Å². The number of fused-ring (bicyclic) bond motifs is 3. The van der Waals surface area contributed by atoms with Crippen molar-refractivity contribution in [1.82, 2.24) is 9.97 Å². The number of amides is 1. The number of thiazole rings is 1. The maximum atomic E-state index is 12.9.